The molecular formula is C22H24N4O2. The molecule has 2 heterocycles. The minimum atomic E-state index is -0.101. The molecule has 6 heteroatoms. The van der Waals surface area contributed by atoms with Crippen molar-refractivity contribution in [2.75, 3.05) is 30.9 Å². The van der Waals surface area contributed by atoms with E-state index in [1.807, 2.05) is 55.6 Å². The Balaban J connectivity index is 1.50. The predicted octanol–water partition coefficient (Wildman–Crippen LogP) is 3.35. The van der Waals surface area contributed by atoms with Gasteiger partial charge in [0.15, 0.2) is 0 Å². The van der Waals surface area contributed by atoms with Gasteiger partial charge in [0.1, 0.15) is 11.6 Å². The third-order valence-electron chi connectivity index (χ3n) is 4.47. The Morgan fingerprint density at radius 1 is 1.04 bits per heavy atom. The van der Waals surface area contributed by atoms with Crippen molar-refractivity contribution in [3.63, 3.8) is 0 Å². The molecule has 3 aromatic rings. The first kappa shape index (κ1) is 19.4. The van der Waals surface area contributed by atoms with Gasteiger partial charge >= 0.3 is 0 Å². The van der Waals surface area contributed by atoms with E-state index in [-0.39, 0.29) is 5.91 Å². The van der Waals surface area contributed by atoms with Crippen LogP contribution in [0.3, 0.4) is 0 Å². The van der Waals surface area contributed by atoms with Crippen LogP contribution >= 0.6 is 0 Å². The number of carbonyl (C=O) groups is 1. The summed E-state index contributed by atoms with van der Waals surface area (Å²) in [4.78, 5) is 22.7. The highest BCUT2D eigenvalue weighted by atomic mass is 16.5. The van der Waals surface area contributed by atoms with Gasteiger partial charge in [0, 0.05) is 26.0 Å². The van der Waals surface area contributed by atoms with Gasteiger partial charge in [0.05, 0.1) is 25.4 Å². The first-order chi connectivity index (χ1) is 13.6. The zero-order valence-corrected chi connectivity index (χ0v) is 16.1. The summed E-state index contributed by atoms with van der Waals surface area (Å²) in [6.45, 7) is 0.870. The molecule has 28 heavy (non-hydrogen) atoms. The number of methoxy groups -OCH3 is 1. The van der Waals surface area contributed by atoms with Gasteiger partial charge < -0.3 is 15.0 Å². The fraction of sp³-hybridized carbons (Fsp3) is 0.227. The lowest BCUT2D eigenvalue weighted by Gasteiger charge is -2.19. The maximum absolute atomic E-state index is 12.2. The molecule has 0 bridgehead atoms. The fourth-order valence-corrected chi connectivity index (χ4v) is 2.78. The first-order valence-electron chi connectivity index (χ1n) is 9.13. The van der Waals surface area contributed by atoms with Crippen molar-refractivity contribution in [3.05, 3.63) is 78.2 Å². The second-order valence-electron chi connectivity index (χ2n) is 6.50. The molecule has 0 unspecified atom stereocenters. The Morgan fingerprint density at radius 2 is 1.79 bits per heavy atom. The number of ether oxygens (including phenoxy) is 1. The number of hydrogen-bond acceptors (Lipinski definition) is 5. The molecule has 0 fully saturated rings. The number of rotatable bonds is 8. The molecule has 0 aliphatic carbocycles. The zero-order valence-electron chi connectivity index (χ0n) is 16.1. The van der Waals surface area contributed by atoms with Crippen LogP contribution in [0.1, 0.15) is 11.1 Å². The summed E-state index contributed by atoms with van der Waals surface area (Å²) in [5.41, 5.74) is 3.17. The van der Waals surface area contributed by atoms with Crippen LogP contribution < -0.4 is 15.0 Å². The summed E-state index contributed by atoms with van der Waals surface area (Å²) in [5.74, 6) is 1.22. The molecule has 6 nitrogen and oxygen atoms in total. The van der Waals surface area contributed by atoms with E-state index in [0.29, 0.717) is 12.2 Å². The van der Waals surface area contributed by atoms with E-state index in [2.05, 4.69) is 20.2 Å². The van der Waals surface area contributed by atoms with E-state index < -0.39 is 0 Å². The van der Waals surface area contributed by atoms with Crippen molar-refractivity contribution in [1.29, 1.82) is 0 Å². The molecule has 0 saturated heterocycles. The van der Waals surface area contributed by atoms with Crippen LogP contribution in [-0.4, -0.2) is 36.6 Å². The zero-order chi connectivity index (χ0) is 19.8. The number of aromatic nitrogens is 2. The lowest BCUT2D eigenvalue weighted by Crippen LogP contribution is -2.21. The van der Waals surface area contributed by atoms with Gasteiger partial charge in [-0.05, 0) is 53.9 Å². The molecule has 3 rings (SSSR count). The van der Waals surface area contributed by atoms with Crippen LogP contribution in [-0.2, 0) is 17.6 Å². The number of hydrogen-bond donors (Lipinski definition) is 1. The molecular weight excluding hydrogens is 352 g/mol. The van der Waals surface area contributed by atoms with E-state index in [9.17, 15) is 4.79 Å². The first-order valence-corrected chi connectivity index (χ1v) is 9.13. The lowest BCUT2D eigenvalue weighted by molar-refractivity contribution is -0.115. The summed E-state index contributed by atoms with van der Waals surface area (Å²) in [7, 11) is 3.65. The van der Waals surface area contributed by atoms with Gasteiger partial charge in [0.2, 0.25) is 5.91 Å². The average Bonchev–Trinajstić information content (AvgIpc) is 2.74. The van der Waals surface area contributed by atoms with Crippen LogP contribution in [0.5, 0.6) is 5.75 Å². The molecule has 144 valence electrons. The van der Waals surface area contributed by atoms with Crippen molar-refractivity contribution in [2.24, 2.45) is 0 Å². The Hall–Kier alpha value is -3.41. The molecule has 0 atom stereocenters. The number of pyridine rings is 2. The van der Waals surface area contributed by atoms with Crippen LogP contribution in [0, 0.1) is 0 Å². The summed E-state index contributed by atoms with van der Waals surface area (Å²) in [6, 6.07) is 15.3. The molecule has 0 saturated carbocycles. The summed E-state index contributed by atoms with van der Waals surface area (Å²) < 4.78 is 5.13. The maximum Gasteiger partial charge on any atom is 0.229 e. The van der Waals surface area contributed by atoms with Gasteiger partial charge in [-0.1, -0.05) is 12.1 Å². The number of nitrogens with one attached hydrogen (secondary N) is 1. The quantitative estimate of drug-likeness (QED) is 0.653. The molecule has 1 N–H and O–H groups in total. The highest BCUT2D eigenvalue weighted by Gasteiger charge is 2.07. The summed E-state index contributed by atoms with van der Waals surface area (Å²) >= 11 is 0. The Bertz CT molecular complexity index is 881. The minimum Gasteiger partial charge on any atom is -0.497 e. The molecule has 0 aliphatic heterocycles. The van der Waals surface area contributed by atoms with E-state index in [1.165, 1.54) is 5.56 Å². The third-order valence-corrected chi connectivity index (χ3v) is 4.47. The minimum absolute atomic E-state index is 0.101. The Morgan fingerprint density at radius 3 is 2.43 bits per heavy atom. The van der Waals surface area contributed by atoms with Crippen LogP contribution in [0.15, 0.2) is 67.1 Å². The normalized spacial score (nSPS) is 10.4. The molecule has 0 aliphatic rings. The highest BCUT2D eigenvalue weighted by molar-refractivity contribution is 5.91. The molecule has 0 radical (unpaired) electrons. The Labute approximate surface area is 165 Å². The maximum atomic E-state index is 12.2. The van der Waals surface area contributed by atoms with Crippen LogP contribution in [0.25, 0.3) is 0 Å². The molecule has 2 aromatic heterocycles. The topological polar surface area (TPSA) is 67.3 Å². The van der Waals surface area contributed by atoms with E-state index in [1.54, 1.807) is 25.7 Å². The van der Waals surface area contributed by atoms with Gasteiger partial charge in [-0.2, -0.15) is 0 Å². The van der Waals surface area contributed by atoms with Crippen molar-refractivity contribution in [3.8, 4) is 5.75 Å². The standard InChI is InChI=1S/C22H24N4O2/c1-26(14-11-17-9-12-23-13-10-17)19-5-8-21(24-16-19)25-22(27)15-18-3-6-20(28-2)7-4-18/h3-10,12-13,16H,11,14-15H2,1-2H3,(H,24,25,27). The summed E-state index contributed by atoms with van der Waals surface area (Å²) in [6.07, 6.45) is 6.61. The third kappa shape index (κ3) is 5.54. The molecule has 0 spiro atoms. The Kier molecular flexibility index (Phi) is 6.57. The van der Waals surface area contributed by atoms with Crippen molar-refractivity contribution in [2.45, 2.75) is 12.8 Å². The molecule has 1 aromatic carbocycles. The number of carbonyl (C=O) groups excluding carboxylic acids is 1. The lowest BCUT2D eigenvalue weighted by atomic mass is 10.1. The number of nitrogens with zero attached hydrogens (tertiary/aromatic N) is 3. The second kappa shape index (κ2) is 9.50. The van der Waals surface area contributed by atoms with Crippen molar-refractivity contribution in [1.82, 2.24) is 9.97 Å². The highest BCUT2D eigenvalue weighted by Crippen LogP contribution is 2.15. The number of likely N-dealkylation sites (N-methyl/N-ethyl adjacent to an activating group) is 1. The largest absolute Gasteiger partial charge is 0.497 e. The average molecular weight is 376 g/mol. The van der Waals surface area contributed by atoms with Gasteiger partial charge in [-0.3, -0.25) is 9.78 Å². The van der Waals surface area contributed by atoms with Crippen LogP contribution in [0.2, 0.25) is 0 Å². The van der Waals surface area contributed by atoms with E-state index in [0.717, 1.165) is 30.0 Å². The monoisotopic (exact) mass is 376 g/mol. The van der Waals surface area contributed by atoms with Crippen molar-refractivity contribution < 1.29 is 9.53 Å². The van der Waals surface area contributed by atoms with Gasteiger partial charge in [0.25, 0.3) is 0 Å². The molecule has 1 amide bonds. The fourth-order valence-electron chi connectivity index (χ4n) is 2.78. The van der Waals surface area contributed by atoms with Crippen molar-refractivity contribution >= 4 is 17.4 Å². The predicted molar refractivity (Wildman–Crippen MR) is 111 cm³/mol. The number of amides is 1. The smallest absolute Gasteiger partial charge is 0.229 e. The van der Waals surface area contributed by atoms with Gasteiger partial charge in [-0.25, -0.2) is 4.98 Å². The number of benzene rings is 1. The van der Waals surface area contributed by atoms with E-state index in [4.69, 9.17) is 4.74 Å². The number of anilines is 2. The van der Waals surface area contributed by atoms with Gasteiger partial charge in [-0.15, -0.1) is 0 Å². The summed E-state index contributed by atoms with van der Waals surface area (Å²) in [5, 5.41) is 2.84. The van der Waals surface area contributed by atoms with Crippen LogP contribution in [0.4, 0.5) is 11.5 Å². The second-order valence-corrected chi connectivity index (χ2v) is 6.50. The SMILES string of the molecule is COc1ccc(CC(=O)Nc2ccc(N(C)CCc3ccncc3)cn2)cc1. The van der Waals surface area contributed by atoms with E-state index >= 15 is 0 Å².